The molecule has 0 spiro atoms. The van der Waals surface area contributed by atoms with Gasteiger partial charge in [-0.25, -0.2) is 0 Å². The van der Waals surface area contributed by atoms with Gasteiger partial charge in [0.05, 0.1) is 12.1 Å². The summed E-state index contributed by atoms with van der Waals surface area (Å²) in [5.74, 6) is 2.20. The zero-order chi connectivity index (χ0) is 13.9. The van der Waals surface area contributed by atoms with E-state index in [0.29, 0.717) is 24.7 Å². The number of thioether (sulfide) groups is 1. The van der Waals surface area contributed by atoms with Gasteiger partial charge < -0.3 is 14.9 Å². The fourth-order valence-corrected chi connectivity index (χ4v) is 2.93. The molecule has 2 aromatic rings. The molecule has 0 unspecified atom stereocenters. The molecule has 1 fully saturated rings. The Bertz CT molecular complexity index is 570. The number of hydrogen-bond acceptors (Lipinski definition) is 6. The lowest BCUT2D eigenvalue weighted by Gasteiger charge is -2.01. The number of hydrogen-bond donors (Lipinski definition) is 2. The summed E-state index contributed by atoms with van der Waals surface area (Å²) in [6.07, 6.45) is 0.286. The molecular formula is C14H17N3O2S. The first-order chi connectivity index (χ1) is 9.76. The van der Waals surface area contributed by atoms with Gasteiger partial charge in [0.15, 0.2) is 0 Å². The maximum Gasteiger partial charge on any atom is 0.244 e. The van der Waals surface area contributed by atoms with Crippen LogP contribution in [0.5, 0.6) is 0 Å². The Balaban J connectivity index is 1.76. The molecule has 3 rings (SSSR count). The molecule has 0 aliphatic carbocycles. The first-order valence-electron chi connectivity index (χ1n) is 6.74. The molecule has 20 heavy (non-hydrogen) atoms. The third kappa shape index (κ3) is 2.87. The first kappa shape index (κ1) is 13.6. The normalized spacial score (nSPS) is 22.3. The second-order valence-electron chi connectivity index (χ2n) is 4.76. The van der Waals surface area contributed by atoms with Crippen molar-refractivity contribution in [1.29, 1.82) is 0 Å². The molecule has 0 amide bonds. The lowest BCUT2D eigenvalue weighted by molar-refractivity contribution is 0.191. The second-order valence-corrected chi connectivity index (χ2v) is 6.10. The molecule has 1 saturated heterocycles. The van der Waals surface area contributed by atoms with Crippen LogP contribution in [0.3, 0.4) is 0 Å². The molecule has 0 radical (unpaired) electrons. The van der Waals surface area contributed by atoms with E-state index < -0.39 is 0 Å². The summed E-state index contributed by atoms with van der Waals surface area (Å²) in [7, 11) is 0. The van der Waals surface area contributed by atoms with E-state index in [9.17, 15) is 5.11 Å². The van der Waals surface area contributed by atoms with Crippen molar-refractivity contribution in [2.75, 3.05) is 12.3 Å². The van der Waals surface area contributed by atoms with Crippen molar-refractivity contribution in [2.45, 2.75) is 30.4 Å². The summed E-state index contributed by atoms with van der Waals surface area (Å²) in [5.41, 5.74) is 0.944. The standard InChI is InChI=1S/C14H17N3O2S/c1-2-20-11-5-3-9(4-6-11)13-16-14(19-17-13)12-7-10(18)8-15-12/h3-6,10,12,15,18H,2,7-8H2,1H3/t10-,12+/m1/s1. The molecule has 1 aromatic carbocycles. The lowest BCUT2D eigenvalue weighted by Crippen LogP contribution is -2.15. The van der Waals surface area contributed by atoms with Crippen LogP contribution in [0.4, 0.5) is 0 Å². The van der Waals surface area contributed by atoms with E-state index in [-0.39, 0.29) is 12.1 Å². The SMILES string of the molecule is CCSc1ccc(-c2noc([C@@H]3C[C@@H](O)CN3)n2)cc1. The Morgan fingerprint density at radius 2 is 2.20 bits per heavy atom. The van der Waals surface area contributed by atoms with Crippen molar-refractivity contribution in [3.8, 4) is 11.4 Å². The Morgan fingerprint density at radius 3 is 2.85 bits per heavy atom. The highest BCUT2D eigenvalue weighted by Gasteiger charge is 2.28. The molecule has 2 heterocycles. The molecule has 2 atom stereocenters. The van der Waals surface area contributed by atoms with Gasteiger partial charge in [0.1, 0.15) is 0 Å². The average molecular weight is 291 g/mol. The van der Waals surface area contributed by atoms with Crippen LogP contribution in [-0.2, 0) is 0 Å². The van der Waals surface area contributed by atoms with Gasteiger partial charge in [-0.05, 0) is 36.4 Å². The maximum absolute atomic E-state index is 9.51. The number of nitrogens with zero attached hydrogens (tertiary/aromatic N) is 2. The smallest absolute Gasteiger partial charge is 0.244 e. The van der Waals surface area contributed by atoms with E-state index in [0.717, 1.165) is 11.3 Å². The zero-order valence-electron chi connectivity index (χ0n) is 11.2. The summed E-state index contributed by atoms with van der Waals surface area (Å²) in [6, 6.07) is 8.10. The van der Waals surface area contributed by atoms with Crippen LogP contribution in [0.2, 0.25) is 0 Å². The van der Waals surface area contributed by atoms with Gasteiger partial charge in [0.2, 0.25) is 11.7 Å². The molecule has 1 aliphatic heterocycles. The monoisotopic (exact) mass is 291 g/mol. The second kappa shape index (κ2) is 5.95. The van der Waals surface area contributed by atoms with Gasteiger partial charge in [0, 0.05) is 17.0 Å². The molecular weight excluding hydrogens is 274 g/mol. The van der Waals surface area contributed by atoms with Crippen molar-refractivity contribution in [3.63, 3.8) is 0 Å². The molecule has 6 heteroatoms. The van der Waals surface area contributed by atoms with Gasteiger partial charge in [-0.15, -0.1) is 11.8 Å². The summed E-state index contributed by atoms with van der Waals surface area (Å²) < 4.78 is 5.29. The predicted molar refractivity (Wildman–Crippen MR) is 77.5 cm³/mol. The van der Waals surface area contributed by atoms with Crippen molar-refractivity contribution in [1.82, 2.24) is 15.5 Å². The largest absolute Gasteiger partial charge is 0.392 e. The highest BCUT2D eigenvalue weighted by atomic mass is 32.2. The molecule has 106 valence electrons. The molecule has 1 aliphatic rings. The van der Waals surface area contributed by atoms with Crippen molar-refractivity contribution >= 4 is 11.8 Å². The number of benzene rings is 1. The Labute approximate surface area is 121 Å². The molecule has 5 nitrogen and oxygen atoms in total. The van der Waals surface area contributed by atoms with Gasteiger partial charge >= 0.3 is 0 Å². The highest BCUT2D eigenvalue weighted by molar-refractivity contribution is 7.99. The summed E-state index contributed by atoms with van der Waals surface area (Å²) >= 11 is 1.80. The maximum atomic E-state index is 9.51. The molecule has 1 aromatic heterocycles. The van der Waals surface area contributed by atoms with Gasteiger partial charge in [-0.1, -0.05) is 12.1 Å². The fraction of sp³-hybridized carbons (Fsp3) is 0.429. The minimum Gasteiger partial charge on any atom is -0.392 e. The minimum absolute atomic E-state index is 0.0406. The Kier molecular flexibility index (Phi) is 4.05. The van der Waals surface area contributed by atoms with Gasteiger partial charge in [-0.2, -0.15) is 4.98 Å². The summed E-state index contributed by atoms with van der Waals surface area (Å²) in [4.78, 5) is 5.65. The van der Waals surface area contributed by atoms with Crippen LogP contribution in [0, 0.1) is 0 Å². The lowest BCUT2D eigenvalue weighted by atomic mass is 10.2. The van der Waals surface area contributed by atoms with Crippen molar-refractivity contribution < 1.29 is 9.63 Å². The molecule has 2 N–H and O–H groups in total. The van der Waals surface area contributed by atoms with Crippen LogP contribution < -0.4 is 5.32 Å². The predicted octanol–water partition coefficient (Wildman–Crippen LogP) is 2.24. The summed E-state index contributed by atoms with van der Waals surface area (Å²) in [5, 5.41) is 16.7. The number of aliphatic hydroxyl groups is 1. The fourth-order valence-electron chi connectivity index (χ4n) is 2.27. The number of nitrogens with one attached hydrogen (secondary N) is 1. The van der Waals surface area contributed by atoms with Crippen molar-refractivity contribution in [3.05, 3.63) is 30.2 Å². The van der Waals surface area contributed by atoms with Crippen LogP contribution in [0.25, 0.3) is 11.4 Å². The van der Waals surface area contributed by atoms with Gasteiger partial charge in [0.25, 0.3) is 0 Å². The van der Waals surface area contributed by atoms with E-state index >= 15 is 0 Å². The van der Waals surface area contributed by atoms with E-state index in [1.165, 1.54) is 4.90 Å². The number of aliphatic hydroxyl groups excluding tert-OH is 1. The van der Waals surface area contributed by atoms with Crippen molar-refractivity contribution in [2.24, 2.45) is 0 Å². The Hall–Kier alpha value is -1.37. The summed E-state index contributed by atoms with van der Waals surface area (Å²) in [6.45, 7) is 2.71. The highest BCUT2D eigenvalue weighted by Crippen LogP contribution is 2.26. The number of aromatic nitrogens is 2. The van der Waals surface area contributed by atoms with E-state index in [1.807, 2.05) is 12.1 Å². The Morgan fingerprint density at radius 1 is 1.40 bits per heavy atom. The third-order valence-electron chi connectivity index (χ3n) is 3.27. The van der Waals surface area contributed by atoms with Crippen LogP contribution in [-0.4, -0.2) is 33.6 Å². The van der Waals surface area contributed by atoms with E-state index in [4.69, 9.17) is 4.52 Å². The zero-order valence-corrected chi connectivity index (χ0v) is 12.1. The number of rotatable bonds is 4. The first-order valence-corrected chi connectivity index (χ1v) is 7.73. The molecule has 0 saturated carbocycles. The third-order valence-corrected chi connectivity index (χ3v) is 4.17. The van der Waals surface area contributed by atoms with Gasteiger partial charge in [-0.3, -0.25) is 0 Å². The topological polar surface area (TPSA) is 71.2 Å². The van der Waals surface area contributed by atoms with E-state index in [2.05, 4.69) is 34.5 Å². The van der Waals surface area contributed by atoms with E-state index in [1.54, 1.807) is 11.8 Å². The average Bonchev–Trinajstić information content (AvgIpc) is 3.09. The van der Waals surface area contributed by atoms with Crippen LogP contribution >= 0.6 is 11.8 Å². The minimum atomic E-state index is -0.333. The van der Waals surface area contributed by atoms with Crippen LogP contribution in [0.1, 0.15) is 25.3 Å². The quantitative estimate of drug-likeness (QED) is 0.842. The molecule has 0 bridgehead atoms. The van der Waals surface area contributed by atoms with Crippen LogP contribution in [0.15, 0.2) is 33.7 Å². The number of β-amino-alcohol motifs (C(OH)–C–C–N with tert-alkyl or cyclic N) is 1.